The molecule has 0 spiro atoms. The van der Waals surface area contributed by atoms with Gasteiger partial charge in [0, 0.05) is 19.3 Å². The number of hydrogen-bond donors (Lipinski definition) is 0. The number of carbonyl (C=O) groups excluding carboxylic acids is 3. The summed E-state index contributed by atoms with van der Waals surface area (Å²) in [6.45, 7) is 6.50. The molecule has 0 heterocycles. The summed E-state index contributed by atoms with van der Waals surface area (Å²) in [6, 6.07) is 0. The van der Waals surface area contributed by atoms with Crippen molar-refractivity contribution in [2.75, 3.05) is 13.2 Å². The predicted octanol–water partition coefficient (Wildman–Crippen LogP) is 21.2. The van der Waals surface area contributed by atoms with E-state index in [1.807, 2.05) is 0 Å². The highest BCUT2D eigenvalue weighted by Crippen LogP contribution is 2.18. The van der Waals surface area contributed by atoms with Gasteiger partial charge >= 0.3 is 17.9 Å². The van der Waals surface area contributed by atoms with Crippen molar-refractivity contribution in [2.45, 2.75) is 348 Å². The number of rotatable bonds is 58. The first-order valence-corrected chi connectivity index (χ1v) is 31.5. The lowest BCUT2D eigenvalue weighted by Crippen LogP contribution is -2.30. The van der Waals surface area contributed by atoms with E-state index >= 15 is 0 Å². The lowest BCUT2D eigenvalue weighted by Gasteiger charge is -2.18. The van der Waals surface area contributed by atoms with Crippen molar-refractivity contribution in [2.24, 2.45) is 0 Å². The second-order valence-electron chi connectivity index (χ2n) is 21.3. The van der Waals surface area contributed by atoms with Gasteiger partial charge in [-0.05, 0) is 51.4 Å². The summed E-state index contributed by atoms with van der Waals surface area (Å²) < 4.78 is 16.8. The maximum atomic E-state index is 12.8. The summed E-state index contributed by atoms with van der Waals surface area (Å²) in [7, 11) is 0. The van der Waals surface area contributed by atoms with Gasteiger partial charge in [-0.2, -0.15) is 0 Å². The van der Waals surface area contributed by atoms with Gasteiger partial charge in [-0.25, -0.2) is 0 Å². The van der Waals surface area contributed by atoms with Crippen LogP contribution in [0.1, 0.15) is 342 Å². The number of hydrogen-bond acceptors (Lipinski definition) is 6. The van der Waals surface area contributed by atoms with Crippen molar-refractivity contribution in [3.63, 3.8) is 0 Å². The van der Waals surface area contributed by atoms with E-state index in [1.54, 1.807) is 0 Å². The largest absolute Gasteiger partial charge is 0.462 e. The Hall–Kier alpha value is -2.37. The molecule has 0 amide bonds. The van der Waals surface area contributed by atoms with Crippen molar-refractivity contribution < 1.29 is 28.6 Å². The number of unbranched alkanes of at least 4 members (excludes halogenated alkanes) is 41. The molecule has 0 aromatic heterocycles. The highest BCUT2D eigenvalue weighted by atomic mass is 16.6. The van der Waals surface area contributed by atoms with Crippen LogP contribution in [0.25, 0.3) is 0 Å². The molecule has 1 unspecified atom stereocenters. The molecule has 416 valence electrons. The Morgan fingerprint density at radius 3 is 0.859 bits per heavy atom. The Labute approximate surface area is 442 Å². The maximum Gasteiger partial charge on any atom is 0.306 e. The molecule has 0 aliphatic carbocycles. The van der Waals surface area contributed by atoms with Crippen molar-refractivity contribution in [3.8, 4) is 0 Å². The summed E-state index contributed by atoms with van der Waals surface area (Å²) in [4.78, 5) is 37.9. The molecule has 0 fully saturated rings. The van der Waals surface area contributed by atoms with Gasteiger partial charge in [0.2, 0.25) is 0 Å². The maximum absolute atomic E-state index is 12.8. The van der Waals surface area contributed by atoms with Crippen molar-refractivity contribution in [3.05, 3.63) is 36.5 Å². The normalized spacial score (nSPS) is 12.2. The SMILES string of the molecule is CC/C=C\C/C=C\C/C=C\CCCCCCCC(=O)OC(COC(=O)CCCCCCCC)COC(=O)CCCCCCCCCCCCCCCCCCCCCCCCCCCCCCCCCC. The standard InChI is InChI=1S/C65H120O6/c1-4-7-10-13-16-18-20-22-24-25-26-27-28-29-30-31-32-33-34-35-36-37-38-39-40-42-43-45-47-49-52-55-58-64(67)70-61-62(60-69-63(66)57-54-51-15-12-9-6-3)71-65(68)59-56-53-50-48-46-44-41-23-21-19-17-14-11-8-5-2/h8,11,17,19,23,41,62H,4-7,9-10,12-16,18,20-22,24-40,42-61H2,1-3H3/b11-8-,19-17-,41-23-. The van der Waals surface area contributed by atoms with Gasteiger partial charge < -0.3 is 14.2 Å². The van der Waals surface area contributed by atoms with Crippen molar-refractivity contribution in [1.82, 2.24) is 0 Å². The van der Waals surface area contributed by atoms with E-state index in [2.05, 4.69) is 57.2 Å². The molecule has 0 rings (SSSR count). The van der Waals surface area contributed by atoms with Gasteiger partial charge in [0.25, 0.3) is 0 Å². The Balaban J connectivity index is 3.92. The van der Waals surface area contributed by atoms with Crippen LogP contribution < -0.4 is 0 Å². The van der Waals surface area contributed by atoms with Gasteiger partial charge in [0.1, 0.15) is 13.2 Å². The molecule has 0 aromatic carbocycles. The third-order valence-corrected chi connectivity index (χ3v) is 14.2. The zero-order valence-electron chi connectivity index (χ0n) is 47.8. The van der Waals surface area contributed by atoms with E-state index in [4.69, 9.17) is 14.2 Å². The minimum absolute atomic E-state index is 0.0757. The van der Waals surface area contributed by atoms with Crippen LogP contribution in [0, 0.1) is 0 Å². The summed E-state index contributed by atoms with van der Waals surface area (Å²) in [5.74, 6) is -0.887. The van der Waals surface area contributed by atoms with Crippen LogP contribution in [0.5, 0.6) is 0 Å². The Kier molecular flexibility index (Phi) is 58.2. The van der Waals surface area contributed by atoms with Crippen LogP contribution in [0.15, 0.2) is 36.5 Å². The summed E-state index contributed by atoms with van der Waals surface area (Å²) in [5, 5.41) is 0. The molecule has 0 saturated heterocycles. The molecule has 1 atom stereocenters. The lowest BCUT2D eigenvalue weighted by molar-refractivity contribution is -0.167. The van der Waals surface area contributed by atoms with E-state index in [-0.39, 0.29) is 31.1 Å². The number of allylic oxidation sites excluding steroid dienone is 6. The summed E-state index contributed by atoms with van der Waals surface area (Å²) in [5.41, 5.74) is 0. The highest BCUT2D eigenvalue weighted by molar-refractivity contribution is 5.71. The zero-order chi connectivity index (χ0) is 51.4. The summed E-state index contributed by atoms with van der Waals surface area (Å²) in [6.07, 6.45) is 73.6. The monoisotopic (exact) mass is 997 g/mol. The van der Waals surface area contributed by atoms with Crippen molar-refractivity contribution in [1.29, 1.82) is 0 Å². The molecule has 6 heteroatoms. The number of ether oxygens (including phenoxy) is 3. The van der Waals surface area contributed by atoms with E-state index in [1.165, 1.54) is 205 Å². The van der Waals surface area contributed by atoms with E-state index in [9.17, 15) is 14.4 Å². The fourth-order valence-electron chi connectivity index (χ4n) is 9.46. The highest BCUT2D eigenvalue weighted by Gasteiger charge is 2.19. The smallest absolute Gasteiger partial charge is 0.306 e. The molecular formula is C65H120O6. The first-order valence-electron chi connectivity index (χ1n) is 31.5. The van der Waals surface area contributed by atoms with Crippen LogP contribution in [0.3, 0.4) is 0 Å². The molecule has 0 N–H and O–H groups in total. The van der Waals surface area contributed by atoms with Crippen LogP contribution in [-0.2, 0) is 28.6 Å². The predicted molar refractivity (Wildman–Crippen MR) is 307 cm³/mol. The van der Waals surface area contributed by atoms with Gasteiger partial charge in [-0.15, -0.1) is 0 Å². The van der Waals surface area contributed by atoms with E-state index in [0.717, 1.165) is 96.3 Å². The van der Waals surface area contributed by atoms with Crippen LogP contribution in [-0.4, -0.2) is 37.2 Å². The Bertz CT molecular complexity index is 1190. The zero-order valence-corrected chi connectivity index (χ0v) is 47.8. The third kappa shape index (κ3) is 58.4. The summed E-state index contributed by atoms with van der Waals surface area (Å²) >= 11 is 0. The van der Waals surface area contributed by atoms with Crippen molar-refractivity contribution >= 4 is 17.9 Å². The molecule has 0 aliphatic rings. The number of carbonyl (C=O) groups is 3. The number of esters is 3. The van der Waals surface area contributed by atoms with Gasteiger partial charge in [0.05, 0.1) is 0 Å². The average molecular weight is 998 g/mol. The molecule has 6 nitrogen and oxygen atoms in total. The van der Waals surface area contributed by atoms with Crippen LogP contribution in [0.2, 0.25) is 0 Å². The quantitative estimate of drug-likeness (QED) is 0.0261. The molecule has 71 heavy (non-hydrogen) atoms. The Morgan fingerprint density at radius 2 is 0.549 bits per heavy atom. The molecule has 0 aliphatic heterocycles. The molecule has 0 aromatic rings. The van der Waals surface area contributed by atoms with Crippen LogP contribution in [0.4, 0.5) is 0 Å². The van der Waals surface area contributed by atoms with Gasteiger partial charge in [-0.3, -0.25) is 14.4 Å². The second kappa shape index (κ2) is 60.2. The minimum atomic E-state index is -0.775. The first-order chi connectivity index (χ1) is 35.0. The fourth-order valence-corrected chi connectivity index (χ4v) is 9.46. The van der Waals surface area contributed by atoms with Crippen LogP contribution >= 0.6 is 0 Å². The van der Waals surface area contributed by atoms with E-state index in [0.29, 0.717) is 19.3 Å². The average Bonchev–Trinajstić information content (AvgIpc) is 3.37. The van der Waals surface area contributed by atoms with E-state index < -0.39 is 6.10 Å². The second-order valence-corrected chi connectivity index (χ2v) is 21.3. The first kappa shape index (κ1) is 68.6. The third-order valence-electron chi connectivity index (χ3n) is 14.2. The Morgan fingerprint density at radius 1 is 0.296 bits per heavy atom. The molecule has 0 bridgehead atoms. The molecule has 0 saturated carbocycles. The fraction of sp³-hybridized carbons (Fsp3) is 0.862. The molecule has 0 radical (unpaired) electrons. The topological polar surface area (TPSA) is 78.9 Å². The van der Waals surface area contributed by atoms with Gasteiger partial charge in [0.15, 0.2) is 6.10 Å². The van der Waals surface area contributed by atoms with Gasteiger partial charge in [-0.1, -0.05) is 308 Å². The minimum Gasteiger partial charge on any atom is -0.462 e. The lowest BCUT2D eigenvalue weighted by atomic mass is 10.0. The molecular weight excluding hydrogens is 877 g/mol.